The lowest BCUT2D eigenvalue weighted by molar-refractivity contribution is -0.0190. The number of nitrogens with zero attached hydrogens (tertiary/aromatic N) is 2. The molecule has 156 valence electrons. The zero-order chi connectivity index (χ0) is 21.5. The first-order valence-electron chi connectivity index (χ1n) is 10.8. The van der Waals surface area contributed by atoms with Crippen molar-refractivity contribution < 1.29 is 4.74 Å². The zero-order valence-electron chi connectivity index (χ0n) is 17.4. The van der Waals surface area contributed by atoms with E-state index in [4.69, 9.17) is 9.84 Å². The lowest BCUT2D eigenvalue weighted by atomic mass is 9.95. The normalized spacial score (nSPS) is 19.0. The van der Waals surface area contributed by atoms with Crippen LogP contribution in [0, 0.1) is 0 Å². The van der Waals surface area contributed by atoms with Crippen LogP contribution in [0.4, 0.5) is 0 Å². The molecule has 0 saturated heterocycles. The highest BCUT2D eigenvalue weighted by Crippen LogP contribution is 2.47. The molecule has 0 aromatic heterocycles. The maximum atomic E-state index is 6.49. The molecule has 0 unspecified atom stereocenters. The zero-order valence-corrected chi connectivity index (χ0v) is 18.9. The molecule has 4 aromatic carbocycles. The summed E-state index contributed by atoms with van der Waals surface area (Å²) in [6.45, 7) is 0. The van der Waals surface area contributed by atoms with E-state index >= 15 is 0 Å². The summed E-state index contributed by atoms with van der Waals surface area (Å²) in [7, 11) is 0. The Morgan fingerprint density at radius 1 is 0.719 bits per heavy atom. The van der Waals surface area contributed by atoms with Gasteiger partial charge in [0.15, 0.2) is 0 Å². The van der Waals surface area contributed by atoms with Gasteiger partial charge in [0.25, 0.3) is 0 Å². The summed E-state index contributed by atoms with van der Waals surface area (Å²) in [5.74, 6) is 0.943. The van der Waals surface area contributed by atoms with Gasteiger partial charge in [-0.1, -0.05) is 101 Å². The number of fused-ring (bicyclic) bond motifs is 3. The second-order valence-electron chi connectivity index (χ2n) is 8.15. The fourth-order valence-corrected chi connectivity index (χ4v) is 4.81. The molecular weight excluding hydrogens is 460 g/mol. The van der Waals surface area contributed by atoms with Crippen LogP contribution in [-0.4, -0.2) is 10.7 Å². The third-order valence-electron chi connectivity index (χ3n) is 6.18. The third-order valence-corrected chi connectivity index (χ3v) is 6.71. The van der Waals surface area contributed by atoms with Gasteiger partial charge in [-0.3, -0.25) is 0 Å². The van der Waals surface area contributed by atoms with Gasteiger partial charge in [-0.05, 0) is 34.9 Å². The molecule has 0 spiro atoms. The molecule has 2 aliphatic rings. The molecule has 0 fully saturated rings. The number of benzene rings is 4. The summed E-state index contributed by atoms with van der Waals surface area (Å²) in [6.07, 6.45) is 0.605. The molecule has 0 bridgehead atoms. The number of halogens is 1. The van der Waals surface area contributed by atoms with Crippen molar-refractivity contribution in [2.24, 2.45) is 5.10 Å². The quantitative estimate of drug-likeness (QED) is 0.306. The van der Waals surface area contributed by atoms with Gasteiger partial charge < -0.3 is 4.74 Å². The van der Waals surface area contributed by atoms with Gasteiger partial charge in [0.1, 0.15) is 5.75 Å². The molecule has 3 nitrogen and oxygen atoms in total. The second-order valence-corrected chi connectivity index (χ2v) is 9.07. The summed E-state index contributed by atoms with van der Waals surface area (Å²) in [5.41, 5.74) is 6.95. The first kappa shape index (κ1) is 19.3. The molecular formula is C28H21BrN2O. The Morgan fingerprint density at radius 2 is 1.38 bits per heavy atom. The molecule has 0 N–H and O–H groups in total. The highest BCUT2D eigenvalue weighted by Gasteiger charge is 2.40. The van der Waals surface area contributed by atoms with Crippen LogP contribution < -0.4 is 4.74 Å². The van der Waals surface area contributed by atoms with E-state index in [2.05, 4.69) is 112 Å². The number of hydrogen-bond donors (Lipinski definition) is 0. The van der Waals surface area contributed by atoms with Crippen molar-refractivity contribution >= 4 is 21.6 Å². The number of para-hydroxylation sites is 1. The van der Waals surface area contributed by atoms with Crippen LogP contribution >= 0.6 is 15.9 Å². The van der Waals surface area contributed by atoms with E-state index in [1.54, 1.807) is 0 Å². The SMILES string of the molecule is Brc1ccc(C2=NN3[C@@H](C2)c2ccccc2O[C@H]3c2ccc(-c3ccccc3)cc2)cc1. The van der Waals surface area contributed by atoms with Crippen LogP contribution in [0.3, 0.4) is 0 Å². The van der Waals surface area contributed by atoms with Gasteiger partial charge in [0.2, 0.25) is 6.23 Å². The third kappa shape index (κ3) is 3.41. The Balaban J connectivity index is 1.38. The minimum Gasteiger partial charge on any atom is -0.464 e. The van der Waals surface area contributed by atoms with Gasteiger partial charge in [-0.25, -0.2) is 5.01 Å². The van der Waals surface area contributed by atoms with E-state index < -0.39 is 0 Å². The van der Waals surface area contributed by atoms with E-state index in [0.29, 0.717) is 0 Å². The predicted octanol–water partition coefficient (Wildman–Crippen LogP) is 7.36. The van der Waals surface area contributed by atoms with E-state index in [1.807, 2.05) is 12.1 Å². The monoisotopic (exact) mass is 480 g/mol. The van der Waals surface area contributed by atoms with Crippen molar-refractivity contribution in [3.05, 3.63) is 124 Å². The standard InChI is InChI=1S/C28H21BrN2O/c29-23-16-14-21(15-17-23)25-18-26-24-8-4-5-9-27(24)32-28(31(26)30-25)22-12-10-20(11-13-22)19-6-2-1-3-7-19/h1-17,26,28H,18H2/t26-,28-/m0/s1. The summed E-state index contributed by atoms with van der Waals surface area (Å²) < 4.78 is 7.56. The number of hydrogen-bond acceptors (Lipinski definition) is 3. The van der Waals surface area contributed by atoms with Crippen LogP contribution in [0.15, 0.2) is 113 Å². The first-order chi connectivity index (χ1) is 15.8. The van der Waals surface area contributed by atoms with Crippen molar-refractivity contribution in [1.29, 1.82) is 0 Å². The summed E-state index contributed by atoms with van der Waals surface area (Å²) in [5, 5.41) is 7.19. The maximum absolute atomic E-state index is 6.49. The smallest absolute Gasteiger partial charge is 0.213 e. The largest absolute Gasteiger partial charge is 0.464 e. The van der Waals surface area contributed by atoms with Crippen molar-refractivity contribution in [2.45, 2.75) is 18.7 Å². The van der Waals surface area contributed by atoms with Gasteiger partial charge >= 0.3 is 0 Å². The van der Waals surface area contributed by atoms with Gasteiger partial charge in [0, 0.05) is 22.0 Å². The maximum Gasteiger partial charge on any atom is 0.213 e. The average Bonchev–Trinajstić information content (AvgIpc) is 3.30. The Labute approximate surface area is 196 Å². The molecule has 2 atom stereocenters. The molecule has 32 heavy (non-hydrogen) atoms. The Morgan fingerprint density at radius 3 is 2.16 bits per heavy atom. The summed E-state index contributed by atoms with van der Waals surface area (Å²) >= 11 is 3.53. The van der Waals surface area contributed by atoms with Gasteiger partial charge in [-0.15, -0.1) is 0 Å². The minimum absolute atomic E-state index is 0.164. The number of ether oxygens (including phenoxy) is 1. The van der Waals surface area contributed by atoms with Crippen molar-refractivity contribution in [2.75, 3.05) is 0 Å². The molecule has 0 radical (unpaired) electrons. The molecule has 4 aromatic rings. The van der Waals surface area contributed by atoms with Crippen LogP contribution in [0.1, 0.15) is 35.4 Å². The molecule has 4 heteroatoms. The average molecular weight is 481 g/mol. The lowest BCUT2D eigenvalue weighted by Crippen LogP contribution is -2.33. The van der Waals surface area contributed by atoms with E-state index in [-0.39, 0.29) is 12.3 Å². The molecule has 2 heterocycles. The van der Waals surface area contributed by atoms with Crippen LogP contribution in [0.25, 0.3) is 11.1 Å². The topological polar surface area (TPSA) is 24.8 Å². The Hall–Kier alpha value is -3.37. The Bertz CT molecular complexity index is 1280. The van der Waals surface area contributed by atoms with E-state index in [9.17, 15) is 0 Å². The first-order valence-corrected chi connectivity index (χ1v) is 11.6. The molecule has 0 aliphatic carbocycles. The Kier molecular flexibility index (Phi) is 4.80. The number of rotatable bonds is 3. The van der Waals surface area contributed by atoms with Crippen LogP contribution in [0.2, 0.25) is 0 Å². The van der Waals surface area contributed by atoms with Crippen LogP contribution in [0.5, 0.6) is 5.75 Å². The van der Waals surface area contributed by atoms with Crippen molar-refractivity contribution in [3.8, 4) is 16.9 Å². The predicted molar refractivity (Wildman–Crippen MR) is 132 cm³/mol. The van der Waals surface area contributed by atoms with Gasteiger partial charge in [0.05, 0.1) is 11.8 Å². The fraction of sp³-hybridized carbons (Fsp3) is 0.107. The molecule has 0 saturated carbocycles. The highest BCUT2D eigenvalue weighted by atomic mass is 79.9. The fourth-order valence-electron chi connectivity index (χ4n) is 4.54. The summed E-state index contributed by atoms with van der Waals surface area (Å²) in [6, 6.07) is 36.0. The minimum atomic E-state index is -0.257. The van der Waals surface area contributed by atoms with Crippen molar-refractivity contribution in [3.63, 3.8) is 0 Å². The molecule has 2 aliphatic heterocycles. The lowest BCUT2D eigenvalue weighted by Gasteiger charge is -2.38. The summed E-state index contributed by atoms with van der Waals surface area (Å²) in [4.78, 5) is 0. The van der Waals surface area contributed by atoms with Crippen LogP contribution in [-0.2, 0) is 0 Å². The molecule has 0 amide bonds. The van der Waals surface area contributed by atoms with E-state index in [0.717, 1.165) is 33.5 Å². The number of hydrazone groups is 1. The highest BCUT2D eigenvalue weighted by molar-refractivity contribution is 9.10. The van der Waals surface area contributed by atoms with Gasteiger partial charge in [-0.2, -0.15) is 5.10 Å². The van der Waals surface area contributed by atoms with E-state index in [1.165, 1.54) is 16.7 Å². The second kappa shape index (κ2) is 7.95. The van der Waals surface area contributed by atoms with Crippen molar-refractivity contribution in [1.82, 2.24) is 5.01 Å². The molecule has 6 rings (SSSR count).